The SMILES string of the molecule is CCc1noc(CN(C)C(=O)Nc2cccc(CN(C)C(C)=O)c2)n1. The predicted octanol–water partition coefficient (Wildman–Crippen LogP) is 2.27. The molecule has 0 atom stereocenters. The molecule has 0 aliphatic rings. The molecular formula is C17H23N5O3. The van der Waals surface area contributed by atoms with E-state index < -0.39 is 0 Å². The Labute approximate surface area is 146 Å². The first-order valence-electron chi connectivity index (χ1n) is 8.03. The Hall–Kier alpha value is -2.90. The number of nitrogens with zero attached hydrogens (tertiary/aromatic N) is 4. The Kier molecular flexibility index (Phi) is 6.10. The number of hydrogen-bond acceptors (Lipinski definition) is 5. The zero-order valence-electron chi connectivity index (χ0n) is 14.9. The third kappa shape index (κ3) is 5.30. The van der Waals surface area contributed by atoms with Gasteiger partial charge in [-0.3, -0.25) is 4.79 Å². The molecule has 0 saturated heterocycles. The van der Waals surface area contributed by atoms with Crippen molar-refractivity contribution in [3.8, 4) is 0 Å². The summed E-state index contributed by atoms with van der Waals surface area (Å²) in [6.07, 6.45) is 0.681. The van der Waals surface area contributed by atoms with E-state index in [2.05, 4.69) is 15.5 Å². The van der Waals surface area contributed by atoms with Crippen molar-refractivity contribution < 1.29 is 14.1 Å². The Bertz CT molecular complexity index is 743. The Morgan fingerprint density at radius 1 is 1.20 bits per heavy atom. The van der Waals surface area contributed by atoms with Crippen LogP contribution < -0.4 is 5.32 Å². The van der Waals surface area contributed by atoms with Crippen molar-refractivity contribution in [2.75, 3.05) is 19.4 Å². The van der Waals surface area contributed by atoms with Crippen LogP contribution in [-0.4, -0.2) is 46.0 Å². The minimum atomic E-state index is -0.284. The summed E-state index contributed by atoms with van der Waals surface area (Å²) >= 11 is 0. The molecule has 0 fully saturated rings. The highest BCUT2D eigenvalue weighted by atomic mass is 16.5. The summed E-state index contributed by atoms with van der Waals surface area (Å²) in [5.41, 5.74) is 1.59. The molecule has 8 nitrogen and oxygen atoms in total. The smallest absolute Gasteiger partial charge is 0.322 e. The maximum atomic E-state index is 12.3. The molecule has 25 heavy (non-hydrogen) atoms. The van der Waals surface area contributed by atoms with Crippen LogP contribution in [0.1, 0.15) is 31.1 Å². The van der Waals surface area contributed by atoms with Crippen LogP contribution in [0.2, 0.25) is 0 Å². The highest BCUT2D eigenvalue weighted by molar-refractivity contribution is 5.89. The molecule has 0 spiro atoms. The van der Waals surface area contributed by atoms with E-state index in [0.29, 0.717) is 30.4 Å². The number of aryl methyl sites for hydroxylation is 1. The zero-order chi connectivity index (χ0) is 18.4. The standard InChI is InChI=1S/C17H23N5O3/c1-5-15-19-16(25-20-15)11-22(4)17(24)18-14-8-6-7-13(9-14)10-21(3)12(2)23/h6-9H,5,10-11H2,1-4H3,(H,18,24). The zero-order valence-corrected chi connectivity index (χ0v) is 14.9. The summed E-state index contributed by atoms with van der Waals surface area (Å²) in [4.78, 5) is 30.9. The first-order chi connectivity index (χ1) is 11.9. The third-order valence-electron chi connectivity index (χ3n) is 3.68. The van der Waals surface area contributed by atoms with E-state index in [1.54, 1.807) is 25.1 Å². The molecular weight excluding hydrogens is 322 g/mol. The van der Waals surface area contributed by atoms with Crippen LogP contribution in [0, 0.1) is 0 Å². The van der Waals surface area contributed by atoms with Crippen LogP contribution in [0.3, 0.4) is 0 Å². The molecule has 8 heteroatoms. The third-order valence-corrected chi connectivity index (χ3v) is 3.68. The van der Waals surface area contributed by atoms with Crippen LogP contribution in [0.15, 0.2) is 28.8 Å². The summed E-state index contributed by atoms with van der Waals surface area (Å²) in [7, 11) is 3.38. The van der Waals surface area contributed by atoms with Gasteiger partial charge in [-0.25, -0.2) is 4.79 Å². The number of nitrogens with one attached hydrogen (secondary N) is 1. The summed E-state index contributed by atoms with van der Waals surface area (Å²) in [6, 6.07) is 7.10. The van der Waals surface area contributed by atoms with E-state index in [-0.39, 0.29) is 18.5 Å². The minimum Gasteiger partial charge on any atom is -0.342 e. The Morgan fingerprint density at radius 2 is 1.96 bits per heavy atom. The van der Waals surface area contributed by atoms with Crippen LogP contribution in [0.4, 0.5) is 10.5 Å². The molecule has 2 aromatic rings. The van der Waals surface area contributed by atoms with Gasteiger partial charge in [0.15, 0.2) is 5.82 Å². The van der Waals surface area contributed by atoms with Crippen molar-refractivity contribution in [3.63, 3.8) is 0 Å². The van der Waals surface area contributed by atoms with E-state index in [9.17, 15) is 9.59 Å². The topological polar surface area (TPSA) is 91.6 Å². The molecule has 0 saturated carbocycles. The predicted molar refractivity (Wildman–Crippen MR) is 92.8 cm³/mol. The van der Waals surface area contributed by atoms with E-state index >= 15 is 0 Å². The largest absolute Gasteiger partial charge is 0.342 e. The number of benzene rings is 1. The molecule has 0 bridgehead atoms. The van der Waals surface area contributed by atoms with Gasteiger partial charge < -0.3 is 19.6 Å². The van der Waals surface area contributed by atoms with Crippen LogP contribution >= 0.6 is 0 Å². The molecule has 1 N–H and O–H groups in total. The lowest BCUT2D eigenvalue weighted by atomic mass is 10.2. The molecule has 1 aromatic heterocycles. The van der Waals surface area contributed by atoms with Gasteiger partial charge in [-0.1, -0.05) is 24.2 Å². The minimum absolute atomic E-state index is 0.0137. The second-order valence-corrected chi connectivity index (χ2v) is 5.82. The summed E-state index contributed by atoms with van der Waals surface area (Å²) in [5, 5.41) is 6.63. The van der Waals surface area contributed by atoms with Crippen molar-refractivity contribution in [2.24, 2.45) is 0 Å². The summed E-state index contributed by atoms with van der Waals surface area (Å²) in [6.45, 7) is 4.16. The lowest BCUT2D eigenvalue weighted by molar-refractivity contribution is -0.128. The first-order valence-corrected chi connectivity index (χ1v) is 8.03. The lowest BCUT2D eigenvalue weighted by Crippen LogP contribution is -2.31. The molecule has 0 aliphatic carbocycles. The van der Waals surface area contributed by atoms with Gasteiger partial charge in [0.1, 0.15) is 6.54 Å². The second kappa shape index (κ2) is 8.27. The van der Waals surface area contributed by atoms with E-state index in [4.69, 9.17) is 4.52 Å². The number of anilines is 1. The van der Waals surface area contributed by atoms with Gasteiger partial charge in [0.05, 0.1) is 0 Å². The van der Waals surface area contributed by atoms with Crippen molar-refractivity contribution in [1.82, 2.24) is 19.9 Å². The first kappa shape index (κ1) is 18.4. The number of carbonyl (C=O) groups excluding carboxylic acids is 2. The fraction of sp³-hybridized carbons (Fsp3) is 0.412. The lowest BCUT2D eigenvalue weighted by Gasteiger charge is -2.18. The molecule has 134 valence electrons. The fourth-order valence-electron chi connectivity index (χ4n) is 2.12. The highest BCUT2D eigenvalue weighted by Crippen LogP contribution is 2.13. The van der Waals surface area contributed by atoms with E-state index in [1.165, 1.54) is 11.8 Å². The van der Waals surface area contributed by atoms with Crippen molar-refractivity contribution in [3.05, 3.63) is 41.5 Å². The highest BCUT2D eigenvalue weighted by Gasteiger charge is 2.14. The van der Waals surface area contributed by atoms with Crippen LogP contribution in [0.5, 0.6) is 0 Å². The van der Waals surface area contributed by atoms with Crippen molar-refractivity contribution in [2.45, 2.75) is 33.4 Å². The van der Waals surface area contributed by atoms with Gasteiger partial charge in [-0.05, 0) is 17.7 Å². The van der Waals surface area contributed by atoms with E-state index in [0.717, 1.165) is 5.56 Å². The maximum Gasteiger partial charge on any atom is 0.322 e. The average Bonchev–Trinajstić information content (AvgIpc) is 3.02. The Morgan fingerprint density at radius 3 is 2.60 bits per heavy atom. The van der Waals surface area contributed by atoms with Crippen LogP contribution in [-0.2, 0) is 24.3 Å². The normalized spacial score (nSPS) is 10.4. The number of urea groups is 1. The van der Waals surface area contributed by atoms with Gasteiger partial charge in [-0.15, -0.1) is 0 Å². The molecule has 0 unspecified atom stereocenters. The van der Waals surface area contributed by atoms with Gasteiger partial charge in [0.2, 0.25) is 11.8 Å². The van der Waals surface area contributed by atoms with Gasteiger partial charge >= 0.3 is 6.03 Å². The number of rotatable bonds is 6. The number of aromatic nitrogens is 2. The van der Waals surface area contributed by atoms with Crippen LogP contribution in [0.25, 0.3) is 0 Å². The quantitative estimate of drug-likeness (QED) is 0.867. The molecule has 1 heterocycles. The number of carbonyl (C=O) groups is 2. The molecule has 2 rings (SSSR count). The second-order valence-electron chi connectivity index (χ2n) is 5.82. The fourth-order valence-corrected chi connectivity index (χ4v) is 2.12. The van der Waals surface area contributed by atoms with Gasteiger partial charge in [-0.2, -0.15) is 4.98 Å². The van der Waals surface area contributed by atoms with Gasteiger partial charge in [0.25, 0.3) is 0 Å². The molecule has 3 amide bonds. The Balaban J connectivity index is 1.96. The summed E-state index contributed by atoms with van der Waals surface area (Å²) in [5.74, 6) is 0.998. The number of hydrogen-bond donors (Lipinski definition) is 1. The van der Waals surface area contributed by atoms with Crippen molar-refractivity contribution in [1.29, 1.82) is 0 Å². The van der Waals surface area contributed by atoms with Crippen molar-refractivity contribution >= 4 is 17.6 Å². The number of amides is 3. The monoisotopic (exact) mass is 345 g/mol. The molecule has 0 aliphatic heterocycles. The van der Waals surface area contributed by atoms with Gasteiger partial charge in [0, 0.05) is 39.7 Å². The molecule has 1 aromatic carbocycles. The molecule has 0 radical (unpaired) electrons. The maximum absolute atomic E-state index is 12.3. The summed E-state index contributed by atoms with van der Waals surface area (Å²) < 4.78 is 5.09. The average molecular weight is 345 g/mol. The van der Waals surface area contributed by atoms with E-state index in [1.807, 2.05) is 25.1 Å².